The number of carboxylic acids is 1. The van der Waals surface area contributed by atoms with Crippen LogP contribution in [0.2, 0.25) is 0 Å². The minimum Gasteiger partial charge on any atom is -0.477 e. The standard InChI is InChI=1S/C13H15NO3/c1-10-5-7-12(8-6-10)4-3-9-17-14-11(2)13(15)16/h3-8,14H,2,9H2,1H3,(H,15,16). The molecule has 0 radical (unpaired) electrons. The van der Waals surface area contributed by atoms with Crippen molar-refractivity contribution >= 4 is 12.0 Å². The summed E-state index contributed by atoms with van der Waals surface area (Å²) in [6.45, 7) is 5.55. The summed E-state index contributed by atoms with van der Waals surface area (Å²) in [6.07, 6.45) is 3.68. The Hall–Kier alpha value is -2.07. The van der Waals surface area contributed by atoms with Gasteiger partial charge in [-0.25, -0.2) is 4.79 Å². The third-order valence-electron chi connectivity index (χ3n) is 2.02. The number of rotatable bonds is 6. The third-order valence-corrected chi connectivity index (χ3v) is 2.02. The van der Waals surface area contributed by atoms with Crippen LogP contribution in [0.25, 0.3) is 6.08 Å². The first-order valence-electron chi connectivity index (χ1n) is 5.13. The highest BCUT2D eigenvalue weighted by atomic mass is 16.6. The van der Waals surface area contributed by atoms with E-state index in [0.29, 0.717) is 0 Å². The Balaban J connectivity index is 2.29. The number of nitrogens with one attached hydrogen (secondary N) is 1. The summed E-state index contributed by atoms with van der Waals surface area (Å²) >= 11 is 0. The van der Waals surface area contributed by atoms with E-state index in [0.717, 1.165) is 5.56 Å². The zero-order valence-electron chi connectivity index (χ0n) is 9.64. The number of aliphatic carboxylic acids is 1. The summed E-state index contributed by atoms with van der Waals surface area (Å²) in [5, 5.41) is 8.48. The number of hydrogen-bond donors (Lipinski definition) is 2. The summed E-state index contributed by atoms with van der Waals surface area (Å²) in [4.78, 5) is 15.2. The SMILES string of the molecule is C=C(NOCC=Cc1ccc(C)cc1)C(=O)O. The fraction of sp³-hybridized carbons (Fsp3) is 0.154. The van der Waals surface area contributed by atoms with Crippen molar-refractivity contribution in [1.29, 1.82) is 0 Å². The highest BCUT2D eigenvalue weighted by Gasteiger charge is 2.00. The lowest BCUT2D eigenvalue weighted by atomic mass is 10.1. The second-order valence-corrected chi connectivity index (χ2v) is 3.51. The van der Waals surface area contributed by atoms with Gasteiger partial charge in [0.05, 0.1) is 6.61 Å². The molecule has 0 amide bonds. The van der Waals surface area contributed by atoms with Crippen LogP contribution in [0.4, 0.5) is 0 Å². The van der Waals surface area contributed by atoms with Gasteiger partial charge in [-0.05, 0) is 12.5 Å². The Labute approximate surface area is 100 Å². The Morgan fingerprint density at radius 1 is 1.47 bits per heavy atom. The van der Waals surface area contributed by atoms with Crippen molar-refractivity contribution in [1.82, 2.24) is 5.48 Å². The first kappa shape index (κ1) is 13.0. The maximum atomic E-state index is 10.4. The molecule has 0 atom stereocenters. The van der Waals surface area contributed by atoms with Gasteiger partial charge in [0.15, 0.2) is 0 Å². The van der Waals surface area contributed by atoms with E-state index in [1.54, 1.807) is 6.08 Å². The lowest BCUT2D eigenvalue weighted by molar-refractivity contribution is -0.134. The van der Waals surface area contributed by atoms with Crippen molar-refractivity contribution < 1.29 is 14.7 Å². The largest absolute Gasteiger partial charge is 0.477 e. The summed E-state index contributed by atoms with van der Waals surface area (Å²) in [7, 11) is 0. The number of hydrogen-bond acceptors (Lipinski definition) is 3. The van der Waals surface area contributed by atoms with E-state index in [2.05, 4.69) is 12.1 Å². The van der Waals surface area contributed by atoms with Gasteiger partial charge in [-0.15, -0.1) is 0 Å². The van der Waals surface area contributed by atoms with Crippen LogP contribution in [0, 0.1) is 6.92 Å². The van der Waals surface area contributed by atoms with E-state index in [-0.39, 0.29) is 12.3 Å². The molecule has 1 aromatic rings. The Morgan fingerprint density at radius 3 is 2.71 bits per heavy atom. The summed E-state index contributed by atoms with van der Waals surface area (Å²) in [5.74, 6) is -1.13. The second-order valence-electron chi connectivity index (χ2n) is 3.51. The van der Waals surface area contributed by atoms with Crippen molar-refractivity contribution in [2.24, 2.45) is 0 Å². The molecular weight excluding hydrogens is 218 g/mol. The molecule has 0 aliphatic rings. The molecule has 4 heteroatoms. The molecule has 0 aliphatic carbocycles. The van der Waals surface area contributed by atoms with Crippen molar-refractivity contribution in [3.8, 4) is 0 Å². The van der Waals surface area contributed by atoms with Crippen LogP contribution in [-0.4, -0.2) is 17.7 Å². The Bertz CT molecular complexity index is 421. The minimum atomic E-state index is -1.13. The van der Waals surface area contributed by atoms with Gasteiger partial charge in [-0.2, -0.15) is 0 Å². The van der Waals surface area contributed by atoms with Crippen LogP contribution < -0.4 is 5.48 Å². The van der Waals surface area contributed by atoms with Gasteiger partial charge in [0.25, 0.3) is 0 Å². The highest BCUT2D eigenvalue weighted by molar-refractivity contribution is 5.84. The monoisotopic (exact) mass is 233 g/mol. The molecule has 0 saturated carbocycles. The third kappa shape index (κ3) is 4.99. The number of benzene rings is 1. The normalized spacial score (nSPS) is 10.4. The van der Waals surface area contributed by atoms with Crippen molar-refractivity contribution in [2.75, 3.05) is 6.61 Å². The van der Waals surface area contributed by atoms with E-state index < -0.39 is 5.97 Å². The lowest BCUT2D eigenvalue weighted by Gasteiger charge is -2.02. The predicted octanol–water partition coefficient (Wildman–Crippen LogP) is 2.13. The molecule has 1 aromatic carbocycles. The molecule has 0 aromatic heterocycles. The number of carboxylic acid groups (broad SMARTS) is 1. The molecule has 1 rings (SSSR count). The average Bonchev–Trinajstić information content (AvgIpc) is 2.30. The molecule has 0 spiro atoms. The van der Waals surface area contributed by atoms with Gasteiger partial charge >= 0.3 is 5.97 Å². The molecule has 17 heavy (non-hydrogen) atoms. The topological polar surface area (TPSA) is 58.6 Å². The number of carbonyl (C=O) groups is 1. The Morgan fingerprint density at radius 2 is 2.12 bits per heavy atom. The van der Waals surface area contributed by atoms with E-state index in [9.17, 15) is 4.79 Å². The van der Waals surface area contributed by atoms with Gasteiger partial charge in [0.2, 0.25) is 0 Å². The highest BCUT2D eigenvalue weighted by Crippen LogP contribution is 2.04. The van der Waals surface area contributed by atoms with Crippen molar-refractivity contribution in [3.63, 3.8) is 0 Å². The molecule has 0 bridgehead atoms. The second kappa shape index (κ2) is 6.50. The van der Waals surface area contributed by atoms with Crippen molar-refractivity contribution in [2.45, 2.75) is 6.92 Å². The van der Waals surface area contributed by atoms with Crippen molar-refractivity contribution in [3.05, 3.63) is 53.7 Å². The minimum absolute atomic E-state index is 0.186. The van der Waals surface area contributed by atoms with Gasteiger partial charge in [0.1, 0.15) is 5.70 Å². The van der Waals surface area contributed by atoms with Gasteiger partial charge < -0.3 is 5.11 Å². The lowest BCUT2D eigenvalue weighted by Crippen LogP contribution is -2.19. The van der Waals surface area contributed by atoms with Gasteiger partial charge in [-0.3, -0.25) is 10.3 Å². The molecule has 90 valence electrons. The van der Waals surface area contributed by atoms with E-state index >= 15 is 0 Å². The quantitative estimate of drug-likeness (QED) is 0.449. The first-order chi connectivity index (χ1) is 8.09. The van der Waals surface area contributed by atoms with Crippen LogP contribution in [0.3, 0.4) is 0 Å². The zero-order chi connectivity index (χ0) is 12.7. The van der Waals surface area contributed by atoms with Gasteiger partial charge in [-0.1, -0.05) is 48.6 Å². The Kier molecular flexibility index (Phi) is 4.97. The molecule has 0 aliphatic heterocycles. The molecule has 0 saturated heterocycles. The average molecular weight is 233 g/mol. The molecule has 4 nitrogen and oxygen atoms in total. The van der Waals surface area contributed by atoms with Crippen LogP contribution in [0.15, 0.2) is 42.6 Å². The van der Waals surface area contributed by atoms with Crippen LogP contribution >= 0.6 is 0 Å². The van der Waals surface area contributed by atoms with Crippen LogP contribution in [-0.2, 0) is 9.63 Å². The summed E-state index contributed by atoms with van der Waals surface area (Å²) < 4.78 is 0. The molecule has 0 heterocycles. The van der Waals surface area contributed by atoms with E-state index in [1.807, 2.05) is 37.3 Å². The molecule has 0 unspecified atom stereocenters. The predicted molar refractivity (Wildman–Crippen MR) is 66.1 cm³/mol. The van der Waals surface area contributed by atoms with E-state index in [4.69, 9.17) is 9.94 Å². The van der Waals surface area contributed by atoms with E-state index in [1.165, 1.54) is 5.56 Å². The summed E-state index contributed by atoms with van der Waals surface area (Å²) in [6, 6.07) is 8.03. The van der Waals surface area contributed by atoms with Crippen LogP contribution in [0.1, 0.15) is 11.1 Å². The fourth-order valence-electron chi connectivity index (χ4n) is 1.08. The molecule has 2 N–H and O–H groups in total. The fourth-order valence-corrected chi connectivity index (χ4v) is 1.08. The zero-order valence-corrected chi connectivity index (χ0v) is 9.64. The number of aryl methyl sites for hydroxylation is 1. The molecular formula is C13H15NO3. The maximum Gasteiger partial charge on any atom is 0.353 e. The maximum absolute atomic E-state index is 10.4. The van der Waals surface area contributed by atoms with Gasteiger partial charge in [0, 0.05) is 0 Å². The smallest absolute Gasteiger partial charge is 0.353 e. The summed E-state index contributed by atoms with van der Waals surface area (Å²) in [5.41, 5.74) is 4.32. The first-order valence-corrected chi connectivity index (χ1v) is 5.13. The number of hydroxylamine groups is 1. The van der Waals surface area contributed by atoms with Crippen LogP contribution in [0.5, 0.6) is 0 Å². The molecule has 0 fully saturated rings.